The highest BCUT2D eigenvalue weighted by Gasteiger charge is 2.37. The van der Waals surface area contributed by atoms with Crippen LogP contribution in [0.2, 0.25) is 0 Å². The lowest BCUT2D eigenvalue weighted by atomic mass is 9.84. The third-order valence-electron chi connectivity index (χ3n) is 3.25. The summed E-state index contributed by atoms with van der Waals surface area (Å²) in [5.74, 6) is 1.78. The molecule has 0 bridgehead atoms. The van der Waals surface area contributed by atoms with Crippen molar-refractivity contribution in [2.45, 2.75) is 20.3 Å². The minimum atomic E-state index is 0.235. The second-order valence-corrected chi connectivity index (χ2v) is 4.54. The molecule has 0 unspecified atom stereocenters. The van der Waals surface area contributed by atoms with Crippen LogP contribution in [-0.4, -0.2) is 26.4 Å². The third-order valence-corrected chi connectivity index (χ3v) is 3.25. The summed E-state index contributed by atoms with van der Waals surface area (Å²) in [6.07, 6.45) is 1.10. The molecule has 0 N–H and O–H groups in total. The largest absolute Gasteiger partial charge is 0.494 e. The molecule has 1 aliphatic heterocycles. The first-order chi connectivity index (χ1) is 8.28. The topological polar surface area (TPSA) is 27.7 Å². The first-order valence-electron chi connectivity index (χ1n) is 6.21. The van der Waals surface area contributed by atoms with E-state index in [4.69, 9.17) is 14.2 Å². The standard InChI is InChI=1S/C14H20O3/c1-3-14(9-15-10-14)11-17-13-7-5-12(6-8-13)16-4-2/h5-8H,3-4,9-11H2,1-2H3. The Bertz CT molecular complexity index is 335. The number of hydrogen-bond acceptors (Lipinski definition) is 3. The summed E-state index contributed by atoms with van der Waals surface area (Å²) in [7, 11) is 0. The van der Waals surface area contributed by atoms with Crippen molar-refractivity contribution >= 4 is 0 Å². The van der Waals surface area contributed by atoms with Crippen LogP contribution in [0.15, 0.2) is 24.3 Å². The Balaban J connectivity index is 1.86. The van der Waals surface area contributed by atoms with E-state index in [9.17, 15) is 0 Å². The maximum Gasteiger partial charge on any atom is 0.119 e. The normalized spacial score (nSPS) is 17.3. The molecule has 3 heteroatoms. The molecule has 0 saturated carbocycles. The van der Waals surface area contributed by atoms with Gasteiger partial charge in [0.05, 0.1) is 31.8 Å². The van der Waals surface area contributed by atoms with E-state index in [0.717, 1.165) is 37.7 Å². The molecule has 17 heavy (non-hydrogen) atoms. The summed E-state index contributed by atoms with van der Waals surface area (Å²) in [4.78, 5) is 0. The van der Waals surface area contributed by atoms with Crippen LogP contribution < -0.4 is 9.47 Å². The second kappa shape index (κ2) is 5.41. The molecule has 1 saturated heterocycles. The molecule has 0 aromatic heterocycles. The molecular weight excluding hydrogens is 216 g/mol. The fourth-order valence-electron chi connectivity index (χ4n) is 1.82. The number of benzene rings is 1. The summed E-state index contributed by atoms with van der Waals surface area (Å²) in [6, 6.07) is 7.78. The van der Waals surface area contributed by atoms with E-state index in [-0.39, 0.29) is 5.41 Å². The van der Waals surface area contributed by atoms with Crippen molar-refractivity contribution in [3.63, 3.8) is 0 Å². The van der Waals surface area contributed by atoms with Crippen LogP contribution in [0.1, 0.15) is 20.3 Å². The Morgan fingerprint density at radius 2 is 1.65 bits per heavy atom. The number of hydrogen-bond donors (Lipinski definition) is 0. The fraction of sp³-hybridized carbons (Fsp3) is 0.571. The zero-order valence-corrected chi connectivity index (χ0v) is 10.6. The van der Waals surface area contributed by atoms with Crippen molar-refractivity contribution in [2.75, 3.05) is 26.4 Å². The fourth-order valence-corrected chi connectivity index (χ4v) is 1.82. The van der Waals surface area contributed by atoms with Crippen LogP contribution in [0.4, 0.5) is 0 Å². The lowest BCUT2D eigenvalue weighted by Gasteiger charge is -2.40. The van der Waals surface area contributed by atoms with Gasteiger partial charge in [-0.15, -0.1) is 0 Å². The smallest absolute Gasteiger partial charge is 0.119 e. The van der Waals surface area contributed by atoms with Gasteiger partial charge in [-0.2, -0.15) is 0 Å². The van der Waals surface area contributed by atoms with Crippen LogP contribution in [0.5, 0.6) is 11.5 Å². The number of rotatable bonds is 6. The first-order valence-corrected chi connectivity index (χ1v) is 6.21. The van der Waals surface area contributed by atoms with Gasteiger partial charge in [-0.3, -0.25) is 0 Å². The highest BCUT2D eigenvalue weighted by atomic mass is 16.5. The molecule has 0 aliphatic carbocycles. The van der Waals surface area contributed by atoms with Gasteiger partial charge in [-0.05, 0) is 37.6 Å². The van der Waals surface area contributed by atoms with Crippen LogP contribution in [0.3, 0.4) is 0 Å². The lowest BCUT2D eigenvalue weighted by molar-refractivity contribution is -0.133. The number of ether oxygens (including phenoxy) is 3. The second-order valence-electron chi connectivity index (χ2n) is 4.54. The molecule has 1 aromatic carbocycles. The Kier molecular flexibility index (Phi) is 3.89. The van der Waals surface area contributed by atoms with Gasteiger partial charge in [0.25, 0.3) is 0 Å². The molecular formula is C14H20O3. The summed E-state index contributed by atoms with van der Waals surface area (Å²) in [5.41, 5.74) is 0.235. The van der Waals surface area contributed by atoms with Crippen molar-refractivity contribution in [2.24, 2.45) is 5.41 Å². The quantitative estimate of drug-likeness (QED) is 0.760. The van der Waals surface area contributed by atoms with E-state index in [2.05, 4.69) is 6.92 Å². The Morgan fingerprint density at radius 3 is 2.06 bits per heavy atom. The third kappa shape index (κ3) is 2.91. The molecule has 1 heterocycles. The van der Waals surface area contributed by atoms with Gasteiger partial charge >= 0.3 is 0 Å². The van der Waals surface area contributed by atoms with E-state index >= 15 is 0 Å². The maximum absolute atomic E-state index is 5.80. The van der Waals surface area contributed by atoms with Gasteiger partial charge < -0.3 is 14.2 Å². The first kappa shape index (κ1) is 12.2. The van der Waals surface area contributed by atoms with Gasteiger partial charge in [0.2, 0.25) is 0 Å². The van der Waals surface area contributed by atoms with Crippen molar-refractivity contribution in [3.05, 3.63) is 24.3 Å². The van der Waals surface area contributed by atoms with E-state index in [1.54, 1.807) is 0 Å². The Hall–Kier alpha value is -1.22. The van der Waals surface area contributed by atoms with E-state index < -0.39 is 0 Å². The van der Waals surface area contributed by atoms with E-state index in [1.807, 2.05) is 31.2 Å². The molecule has 94 valence electrons. The van der Waals surface area contributed by atoms with Crippen LogP contribution in [-0.2, 0) is 4.74 Å². The average Bonchev–Trinajstić information content (AvgIpc) is 2.31. The van der Waals surface area contributed by atoms with E-state index in [1.165, 1.54) is 0 Å². The molecule has 0 atom stereocenters. The zero-order chi connectivity index (χ0) is 12.1. The molecule has 3 nitrogen and oxygen atoms in total. The van der Waals surface area contributed by atoms with Crippen molar-refractivity contribution in [1.82, 2.24) is 0 Å². The monoisotopic (exact) mass is 236 g/mol. The predicted octanol–water partition coefficient (Wildman–Crippen LogP) is 2.89. The molecule has 1 aliphatic rings. The lowest BCUT2D eigenvalue weighted by Crippen LogP contribution is -2.46. The van der Waals surface area contributed by atoms with Gasteiger partial charge in [0.15, 0.2) is 0 Å². The minimum absolute atomic E-state index is 0.235. The summed E-state index contributed by atoms with van der Waals surface area (Å²) >= 11 is 0. The SMILES string of the molecule is CCOc1ccc(OCC2(CC)COC2)cc1. The van der Waals surface area contributed by atoms with Gasteiger partial charge in [0.1, 0.15) is 11.5 Å². The Morgan fingerprint density at radius 1 is 1.06 bits per heavy atom. The molecule has 0 spiro atoms. The van der Waals surface area contributed by atoms with Crippen molar-refractivity contribution in [3.8, 4) is 11.5 Å². The van der Waals surface area contributed by atoms with Crippen LogP contribution in [0, 0.1) is 5.41 Å². The summed E-state index contributed by atoms with van der Waals surface area (Å²) in [5, 5.41) is 0. The van der Waals surface area contributed by atoms with Gasteiger partial charge in [-0.25, -0.2) is 0 Å². The molecule has 1 aromatic rings. The minimum Gasteiger partial charge on any atom is -0.494 e. The molecule has 0 amide bonds. The molecule has 2 rings (SSSR count). The molecule has 0 radical (unpaired) electrons. The molecule has 1 fully saturated rings. The van der Waals surface area contributed by atoms with Crippen molar-refractivity contribution < 1.29 is 14.2 Å². The summed E-state index contributed by atoms with van der Waals surface area (Å²) < 4.78 is 16.5. The van der Waals surface area contributed by atoms with E-state index in [0.29, 0.717) is 6.61 Å². The zero-order valence-electron chi connectivity index (χ0n) is 10.6. The van der Waals surface area contributed by atoms with Crippen LogP contribution >= 0.6 is 0 Å². The average molecular weight is 236 g/mol. The summed E-state index contributed by atoms with van der Waals surface area (Å²) in [6.45, 7) is 7.23. The highest BCUT2D eigenvalue weighted by molar-refractivity contribution is 5.31. The van der Waals surface area contributed by atoms with Gasteiger partial charge in [-0.1, -0.05) is 6.92 Å². The predicted molar refractivity (Wildman–Crippen MR) is 66.6 cm³/mol. The highest BCUT2D eigenvalue weighted by Crippen LogP contribution is 2.32. The van der Waals surface area contributed by atoms with Crippen LogP contribution in [0.25, 0.3) is 0 Å². The van der Waals surface area contributed by atoms with Crippen molar-refractivity contribution in [1.29, 1.82) is 0 Å². The maximum atomic E-state index is 5.80. The Labute approximate surface area is 103 Å². The van der Waals surface area contributed by atoms with Gasteiger partial charge in [0, 0.05) is 0 Å².